The summed E-state index contributed by atoms with van der Waals surface area (Å²) in [6.45, 7) is 2.37. The highest BCUT2D eigenvalue weighted by Gasteiger charge is 2.55. The fraction of sp³-hybridized carbons (Fsp3) is 0.571. The third kappa shape index (κ3) is 4.04. The number of benzene rings is 1. The maximum Gasteiger partial charge on any atom is 0.325 e. The molecule has 3 unspecified atom stereocenters. The van der Waals surface area contributed by atoms with Crippen molar-refractivity contribution in [2.24, 2.45) is 5.92 Å². The van der Waals surface area contributed by atoms with E-state index in [1.807, 2.05) is 56.3 Å². The maximum absolute atomic E-state index is 13.0. The van der Waals surface area contributed by atoms with Gasteiger partial charge >= 0.3 is 6.03 Å². The number of hydrogen-bond donors (Lipinski definition) is 2. The van der Waals surface area contributed by atoms with Gasteiger partial charge in [-0.25, -0.2) is 4.79 Å². The van der Waals surface area contributed by atoms with E-state index in [1.54, 1.807) is 0 Å². The smallest absolute Gasteiger partial charge is 0.325 e. The zero-order chi connectivity index (χ0) is 20.3. The molecule has 1 aliphatic heterocycles. The molecule has 1 saturated carbocycles. The van der Waals surface area contributed by atoms with E-state index >= 15 is 0 Å². The van der Waals surface area contributed by atoms with Crippen LogP contribution in [0.2, 0.25) is 0 Å². The Kier molecular flexibility index (Phi) is 6.03. The number of hydrogen-bond acceptors (Lipinski definition) is 4. The minimum atomic E-state index is -0.835. The summed E-state index contributed by atoms with van der Waals surface area (Å²) in [5.74, 6) is -0.514. The monoisotopic (exact) mass is 386 g/mol. The van der Waals surface area contributed by atoms with Crippen molar-refractivity contribution in [2.45, 2.75) is 44.2 Å². The Morgan fingerprint density at radius 2 is 2.00 bits per heavy atom. The second-order valence-corrected chi connectivity index (χ2v) is 8.23. The van der Waals surface area contributed by atoms with Crippen LogP contribution < -0.4 is 10.6 Å². The minimum absolute atomic E-state index is 0.0802. The van der Waals surface area contributed by atoms with Gasteiger partial charge in [0.2, 0.25) is 5.91 Å². The summed E-state index contributed by atoms with van der Waals surface area (Å²) in [5.41, 5.74) is 0.150. The molecule has 3 atom stereocenters. The molecule has 0 bridgehead atoms. The van der Waals surface area contributed by atoms with Crippen molar-refractivity contribution in [2.75, 3.05) is 27.2 Å². The van der Waals surface area contributed by atoms with Gasteiger partial charge in [0.1, 0.15) is 12.1 Å². The van der Waals surface area contributed by atoms with Gasteiger partial charge in [0.15, 0.2) is 0 Å². The quantitative estimate of drug-likeness (QED) is 0.732. The van der Waals surface area contributed by atoms with Crippen LogP contribution in [0.5, 0.6) is 0 Å². The van der Waals surface area contributed by atoms with E-state index in [0.29, 0.717) is 13.0 Å². The maximum atomic E-state index is 13.0. The fourth-order valence-corrected chi connectivity index (χ4v) is 4.31. The summed E-state index contributed by atoms with van der Waals surface area (Å²) in [5, 5.41) is 5.87. The Morgan fingerprint density at radius 1 is 1.29 bits per heavy atom. The largest absolute Gasteiger partial charge is 0.346 e. The molecular formula is C21H30N4O3. The van der Waals surface area contributed by atoms with Crippen LogP contribution in [0.4, 0.5) is 4.79 Å². The zero-order valence-corrected chi connectivity index (χ0v) is 16.9. The topological polar surface area (TPSA) is 81.8 Å². The van der Waals surface area contributed by atoms with Crippen molar-refractivity contribution in [3.63, 3.8) is 0 Å². The normalized spacial score (nSPS) is 25.9. The summed E-state index contributed by atoms with van der Waals surface area (Å²) in [6.07, 6.45) is 3.53. The molecule has 1 aromatic rings. The average Bonchev–Trinajstić information content (AvgIpc) is 2.89. The molecule has 152 valence electrons. The van der Waals surface area contributed by atoms with Crippen molar-refractivity contribution >= 4 is 17.8 Å². The molecular weight excluding hydrogens is 356 g/mol. The van der Waals surface area contributed by atoms with Crippen molar-refractivity contribution < 1.29 is 14.4 Å². The van der Waals surface area contributed by atoms with Gasteiger partial charge in [0.25, 0.3) is 5.91 Å². The summed E-state index contributed by atoms with van der Waals surface area (Å²) in [4.78, 5) is 41.3. The van der Waals surface area contributed by atoms with Crippen LogP contribution in [0.3, 0.4) is 0 Å². The molecule has 28 heavy (non-hydrogen) atoms. The Balaban J connectivity index is 1.69. The van der Waals surface area contributed by atoms with Crippen molar-refractivity contribution in [3.8, 4) is 0 Å². The number of imide groups is 1. The van der Waals surface area contributed by atoms with Crippen LogP contribution in [0, 0.1) is 5.92 Å². The number of nitrogens with one attached hydrogen (secondary N) is 2. The first kappa shape index (κ1) is 20.3. The lowest BCUT2D eigenvalue weighted by molar-refractivity contribution is -0.137. The van der Waals surface area contributed by atoms with Crippen LogP contribution in [-0.2, 0) is 9.59 Å². The molecule has 2 N–H and O–H groups in total. The summed E-state index contributed by atoms with van der Waals surface area (Å²) >= 11 is 0. The fourth-order valence-electron chi connectivity index (χ4n) is 4.31. The molecule has 2 fully saturated rings. The van der Waals surface area contributed by atoms with E-state index in [1.165, 1.54) is 0 Å². The molecule has 0 aromatic heterocycles. The van der Waals surface area contributed by atoms with Crippen molar-refractivity contribution in [1.82, 2.24) is 20.4 Å². The van der Waals surface area contributed by atoms with E-state index in [-0.39, 0.29) is 30.3 Å². The zero-order valence-electron chi connectivity index (χ0n) is 16.9. The lowest BCUT2D eigenvalue weighted by Gasteiger charge is -2.36. The molecule has 4 amide bonds. The molecule has 7 nitrogen and oxygen atoms in total. The van der Waals surface area contributed by atoms with Gasteiger partial charge in [-0.3, -0.25) is 14.5 Å². The van der Waals surface area contributed by atoms with E-state index < -0.39 is 11.6 Å². The SMILES string of the molecule is CC1CCCCC12NC(=O)N(CC(=O)NC(CN(C)C)c1ccccc1)C2=O. The lowest BCUT2D eigenvalue weighted by atomic mass is 9.73. The highest BCUT2D eigenvalue weighted by atomic mass is 16.2. The molecule has 0 radical (unpaired) electrons. The van der Waals surface area contributed by atoms with Gasteiger partial charge in [0.05, 0.1) is 6.04 Å². The van der Waals surface area contributed by atoms with Crippen LogP contribution in [0.25, 0.3) is 0 Å². The van der Waals surface area contributed by atoms with E-state index in [2.05, 4.69) is 10.6 Å². The van der Waals surface area contributed by atoms with E-state index in [0.717, 1.165) is 29.7 Å². The molecule has 1 aromatic carbocycles. The third-order valence-electron chi connectivity index (χ3n) is 5.89. The van der Waals surface area contributed by atoms with E-state index in [4.69, 9.17) is 0 Å². The second kappa shape index (κ2) is 8.31. The molecule has 1 heterocycles. The van der Waals surface area contributed by atoms with Crippen molar-refractivity contribution in [1.29, 1.82) is 0 Å². The molecule has 2 aliphatic rings. The number of amides is 4. The van der Waals surface area contributed by atoms with Crippen LogP contribution in [0.15, 0.2) is 30.3 Å². The number of nitrogens with zero attached hydrogens (tertiary/aromatic N) is 2. The minimum Gasteiger partial charge on any atom is -0.346 e. The van der Waals surface area contributed by atoms with Crippen LogP contribution in [-0.4, -0.2) is 60.4 Å². The molecule has 3 rings (SSSR count). The number of urea groups is 1. The molecule has 1 saturated heterocycles. The first-order valence-corrected chi connectivity index (χ1v) is 9.96. The third-order valence-corrected chi connectivity index (χ3v) is 5.89. The highest BCUT2D eigenvalue weighted by Crippen LogP contribution is 2.38. The number of carbonyl (C=O) groups is 3. The standard InChI is InChI=1S/C21H30N4O3/c1-15-9-7-8-12-21(15)19(27)25(20(28)23-21)14-18(26)22-17(13-24(2)3)16-10-5-4-6-11-16/h4-6,10-11,15,17H,7-9,12-14H2,1-3H3,(H,22,26)(H,23,28). The molecule has 1 spiro atoms. The highest BCUT2D eigenvalue weighted by molar-refractivity contribution is 6.09. The average molecular weight is 386 g/mol. The lowest BCUT2D eigenvalue weighted by Crippen LogP contribution is -2.54. The Bertz CT molecular complexity index is 736. The molecule has 1 aliphatic carbocycles. The van der Waals surface area contributed by atoms with Gasteiger partial charge in [-0.1, -0.05) is 50.1 Å². The van der Waals surface area contributed by atoms with Gasteiger partial charge in [-0.15, -0.1) is 0 Å². The number of carbonyl (C=O) groups excluding carboxylic acids is 3. The van der Waals surface area contributed by atoms with Gasteiger partial charge < -0.3 is 15.5 Å². The van der Waals surface area contributed by atoms with Crippen LogP contribution >= 0.6 is 0 Å². The first-order chi connectivity index (χ1) is 13.3. The molecule has 7 heteroatoms. The number of rotatable bonds is 6. The first-order valence-electron chi connectivity index (χ1n) is 9.96. The predicted octanol–water partition coefficient (Wildman–Crippen LogP) is 1.91. The van der Waals surface area contributed by atoms with Gasteiger partial charge in [-0.2, -0.15) is 0 Å². The van der Waals surface area contributed by atoms with Crippen molar-refractivity contribution in [3.05, 3.63) is 35.9 Å². The predicted molar refractivity (Wildman–Crippen MR) is 106 cm³/mol. The summed E-state index contributed by atoms with van der Waals surface area (Å²) in [7, 11) is 3.88. The summed E-state index contributed by atoms with van der Waals surface area (Å²) < 4.78 is 0. The Morgan fingerprint density at radius 3 is 2.64 bits per heavy atom. The van der Waals surface area contributed by atoms with E-state index in [9.17, 15) is 14.4 Å². The number of likely N-dealkylation sites (N-methyl/N-ethyl adjacent to an activating group) is 1. The van der Waals surface area contributed by atoms with Gasteiger partial charge in [0, 0.05) is 6.54 Å². The summed E-state index contributed by atoms with van der Waals surface area (Å²) in [6, 6.07) is 9.02. The van der Waals surface area contributed by atoms with Crippen LogP contribution in [0.1, 0.15) is 44.2 Å². The second-order valence-electron chi connectivity index (χ2n) is 8.23. The Hall–Kier alpha value is -2.41. The Labute approximate surface area is 166 Å². The van der Waals surface area contributed by atoms with Gasteiger partial charge in [-0.05, 0) is 38.4 Å².